The summed E-state index contributed by atoms with van der Waals surface area (Å²) >= 11 is 0. The van der Waals surface area contributed by atoms with Gasteiger partial charge in [-0.1, -0.05) is 30.3 Å². The minimum atomic E-state index is -0.205. The Hall–Kier alpha value is -2.34. The van der Waals surface area contributed by atoms with Gasteiger partial charge in [-0.2, -0.15) is 5.10 Å². The predicted octanol–water partition coefficient (Wildman–Crippen LogP) is 2.48. The van der Waals surface area contributed by atoms with Gasteiger partial charge in [0.15, 0.2) is 0 Å². The summed E-state index contributed by atoms with van der Waals surface area (Å²) in [6.45, 7) is 4.19. The van der Waals surface area contributed by atoms with Crippen LogP contribution in [0.25, 0.3) is 0 Å². The van der Waals surface area contributed by atoms with Crippen molar-refractivity contribution in [1.29, 1.82) is 0 Å². The maximum atomic E-state index is 12.0. The molecule has 1 aromatic carbocycles. The highest BCUT2D eigenvalue weighted by Gasteiger charge is 2.23. The molecule has 6 heteroatoms. The second-order valence-corrected chi connectivity index (χ2v) is 5.92. The Morgan fingerprint density at radius 3 is 3.00 bits per heavy atom. The first-order chi connectivity index (χ1) is 11.2. The molecule has 0 spiro atoms. The van der Waals surface area contributed by atoms with Crippen molar-refractivity contribution < 1.29 is 9.53 Å². The fraction of sp³-hybridized carbons (Fsp3) is 0.412. The number of nitrogens with zero attached hydrogens (tertiary/aromatic N) is 2. The zero-order chi connectivity index (χ0) is 16.1. The molecule has 2 atom stereocenters. The van der Waals surface area contributed by atoms with Gasteiger partial charge in [-0.3, -0.25) is 4.68 Å². The van der Waals surface area contributed by atoms with Gasteiger partial charge >= 0.3 is 6.03 Å². The largest absolute Gasteiger partial charge is 0.381 e. The molecule has 2 heterocycles. The van der Waals surface area contributed by atoms with E-state index < -0.39 is 0 Å². The average molecular weight is 314 g/mol. The number of rotatable bonds is 5. The standard InChI is InChI=1S/C17H22N4O2/c1-13(15-7-8-23-12-15)19-17(22)20-16-9-18-21(11-16)10-14-5-3-2-4-6-14/h2-6,9,11,13,15H,7-8,10,12H2,1H3,(H2,19,20,22). The van der Waals surface area contributed by atoms with Crippen molar-refractivity contribution in [1.82, 2.24) is 15.1 Å². The van der Waals surface area contributed by atoms with Crippen LogP contribution in [-0.2, 0) is 11.3 Å². The van der Waals surface area contributed by atoms with Gasteiger partial charge in [0.2, 0.25) is 0 Å². The molecule has 1 saturated heterocycles. The molecule has 1 aliphatic heterocycles. The van der Waals surface area contributed by atoms with E-state index >= 15 is 0 Å². The number of ether oxygens (including phenoxy) is 1. The molecule has 2 aromatic rings. The van der Waals surface area contributed by atoms with E-state index in [1.807, 2.05) is 43.5 Å². The lowest BCUT2D eigenvalue weighted by Gasteiger charge is -2.19. The SMILES string of the molecule is CC(NC(=O)Nc1cnn(Cc2ccccc2)c1)C1CCOC1. The quantitative estimate of drug-likeness (QED) is 0.891. The predicted molar refractivity (Wildman–Crippen MR) is 88.3 cm³/mol. The lowest BCUT2D eigenvalue weighted by Crippen LogP contribution is -2.40. The third kappa shape index (κ3) is 4.32. The first-order valence-electron chi connectivity index (χ1n) is 7.92. The number of amides is 2. The Morgan fingerprint density at radius 1 is 1.43 bits per heavy atom. The zero-order valence-electron chi connectivity index (χ0n) is 13.2. The summed E-state index contributed by atoms with van der Waals surface area (Å²) in [6.07, 6.45) is 4.48. The van der Waals surface area contributed by atoms with Gasteiger partial charge in [0.25, 0.3) is 0 Å². The summed E-state index contributed by atoms with van der Waals surface area (Å²) in [5, 5.41) is 10.1. The van der Waals surface area contributed by atoms with Crippen LogP contribution >= 0.6 is 0 Å². The lowest BCUT2D eigenvalue weighted by molar-refractivity contribution is 0.178. The molecule has 1 fully saturated rings. The zero-order valence-corrected chi connectivity index (χ0v) is 13.2. The molecule has 0 radical (unpaired) electrons. The smallest absolute Gasteiger partial charge is 0.319 e. The van der Waals surface area contributed by atoms with Crippen LogP contribution in [0.4, 0.5) is 10.5 Å². The van der Waals surface area contributed by atoms with E-state index in [0.717, 1.165) is 19.6 Å². The number of hydrogen-bond donors (Lipinski definition) is 2. The van der Waals surface area contributed by atoms with Crippen molar-refractivity contribution in [2.75, 3.05) is 18.5 Å². The van der Waals surface area contributed by atoms with Crippen molar-refractivity contribution >= 4 is 11.7 Å². The van der Waals surface area contributed by atoms with Gasteiger partial charge in [-0.15, -0.1) is 0 Å². The Labute approximate surface area is 135 Å². The fourth-order valence-electron chi connectivity index (χ4n) is 2.72. The van der Waals surface area contributed by atoms with Crippen LogP contribution in [0.15, 0.2) is 42.7 Å². The molecule has 1 aliphatic rings. The molecule has 2 amide bonds. The first-order valence-corrected chi connectivity index (χ1v) is 7.92. The Bertz CT molecular complexity index is 635. The second kappa shape index (κ2) is 7.28. The number of nitrogens with one attached hydrogen (secondary N) is 2. The minimum Gasteiger partial charge on any atom is -0.381 e. The van der Waals surface area contributed by atoms with Crippen molar-refractivity contribution in [3.8, 4) is 0 Å². The van der Waals surface area contributed by atoms with Crippen LogP contribution in [-0.4, -0.2) is 35.1 Å². The van der Waals surface area contributed by atoms with E-state index in [1.54, 1.807) is 10.9 Å². The summed E-state index contributed by atoms with van der Waals surface area (Å²) in [7, 11) is 0. The van der Waals surface area contributed by atoms with E-state index in [2.05, 4.69) is 15.7 Å². The number of benzene rings is 1. The highest BCUT2D eigenvalue weighted by atomic mass is 16.5. The van der Waals surface area contributed by atoms with Crippen molar-refractivity contribution in [3.05, 3.63) is 48.3 Å². The van der Waals surface area contributed by atoms with Gasteiger partial charge in [-0.25, -0.2) is 4.79 Å². The molecule has 2 N–H and O–H groups in total. The van der Waals surface area contributed by atoms with Crippen LogP contribution in [0, 0.1) is 5.92 Å². The van der Waals surface area contributed by atoms with Gasteiger partial charge in [0.05, 0.1) is 25.0 Å². The summed E-state index contributed by atoms with van der Waals surface area (Å²) in [5.41, 5.74) is 1.86. The number of anilines is 1. The van der Waals surface area contributed by atoms with Crippen LogP contribution in [0.3, 0.4) is 0 Å². The molecular formula is C17H22N4O2. The van der Waals surface area contributed by atoms with E-state index in [4.69, 9.17) is 4.74 Å². The maximum absolute atomic E-state index is 12.0. The van der Waals surface area contributed by atoms with Crippen LogP contribution in [0.2, 0.25) is 0 Å². The highest BCUT2D eigenvalue weighted by Crippen LogP contribution is 2.16. The van der Waals surface area contributed by atoms with Gasteiger partial charge in [-0.05, 0) is 18.9 Å². The van der Waals surface area contributed by atoms with E-state index in [1.165, 1.54) is 5.56 Å². The van der Waals surface area contributed by atoms with E-state index in [-0.39, 0.29) is 12.1 Å². The number of aromatic nitrogens is 2. The number of carbonyl (C=O) groups is 1. The molecule has 3 rings (SSSR count). The Kier molecular flexibility index (Phi) is 4.92. The third-order valence-corrected chi connectivity index (χ3v) is 4.11. The topological polar surface area (TPSA) is 68.2 Å². The highest BCUT2D eigenvalue weighted by molar-refractivity contribution is 5.89. The van der Waals surface area contributed by atoms with Gasteiger partial charge in [0.1, 0.15) is 0 Å². The van der Waals surface area contributed by atoms with Gasteiger partial charge < -0.3 is 15.4 Å². The number of hydrogen-bond acceptors (Lipinski definition) is 3. The third-order valence-electron chi connectivity index (χ3n) is 4.11. The Balaban J connectivity index is 1.51. The average Bonchev–Trinajstić information content (AvgIpc) is 3.20. The maximum Gasteiger partial charge on any atom is 0.319 e. The molecule has 6 nitrogen and oxygen atoms in total. The molecular weight excluding hydrogens is 292 g/mol. The number of urea groups is 1. The lowest BCUT2D eigenvalue weighted by atomic mass is 10.0. The number of carbonyl (C=O) groups excluding carboxylic acids is 1. The fourth-order valence-corrected chi connectivity index (χ4v) is 2.72. The van der Waals surface area contributed by atoms with Crippen LogP contribution in [0.5, 0.6) is 0 Å². The van der Waals surface area contributed by atoms with Crippen molar-refractivity contribution in [2.45, 2.75) is 25.9 Å². The molecule has 0 saturated carbocycles. The van der Waals surface area contributed by atoms with Gasteiger partial charge in [0, 0.05) is 24.8 Å². The molecule has 1 aromatic heterocycles. The summed E-state index contributed by atoms with van der Waals surface area (Å²) in [5.74, 6) is 0.390. The monoisotopic (exact) mass is 314 g/mol. The minimum absolute atomic E-state index is 0.0943. The molecule has 0 aliphatic carbocycles. The van der Waals surface area contributed by atoms with E-state index in [0.29, 0.717) is 18.2 Å². The van der Waals surface area contributed by atoms with Crippen LogP contribution < -0.4 is 10.6 Å². The second-order valence-electron chi connectivity index (χ2n) is 5.92. The summed E-state index contributed by atoms with van der Waals surface area (Å²) < 4.78 is 7.16. The summed E-state index contributed by atoms with van der Waals surface area (Å²) in [4.78, 5) is 12.0. The van der Waals surface area contributed by atoms with Crippen LogP contribution in [0.1, 0.15) is 18.9 Å². The Morgan fingerprint density at radius 2 is 2.26 bits per heavy atom. The summed E-state index contributed by atoms with van der Waals surface area (Å²) in [6, 6.07) is 9.97. The molecule has 23 heavy (non-hydrogen) atoms. The van der Waals surface area contributed by atoms with E-state index in [9.17, 15) is 4.79 Å². The molecule has 0 bridgehead atoms. The van der Waals surface area contributed by atoms with Crippen molar-refractivity contribution in [2.24, 2.45) is 5.92 Å². The normalized spacial score (nSPS) is 18.6. The first kappa shape index (κ1) is 15.6. The van der Waals surface area contributed by atoms with Crippen molar-refractivity contribution in [3.63, 3.8) is 0 Å². The molecule has 122 valence electrons. The molecule has 2 unspecified atom stereocenters.